The molecule has 0 saturated carbocycles. The van der Waals surface area contributed by atoms with E-state index in [1.54, 1.807) is 0 Å². The first-order valence-corrected chi connectivity index (χ1v) is 9.18. The molecule has 0 amide bonds. The fraction of sp³-hybridized carbons (Fsp3) is 0.333. The summed E-state index contributed by atoms with van der Waals surface area (Å²) in [6.07, 6.45) is 1.08. The van der Waals surface area contributed by atoms with Gasteiger partial charge < -0.3 is 5.32 Å². The van der Waals surface area contributed by atoms with E-state index >= 15 is 0 Å². The van der Waals surface area contributed by atoms with Crippen molar-refractivity contribution in [3.05, 3.63) is 39.0 Å². The van der Waals surface area contributed by atoms with Crippen LogP contribution in [0.4, 0.5) is 5.82 Å². The number of anilines is 1. The quantitative estimate of drug-likeness (QED) is 0.793. The Morgan fingerprint density at radius 3 is 2.95 bits per heavy atom. The van der Waals surface area contributed by atoms with Crippen LogP contribution in [0.1, 0.15) is 24.6 Å². The Hall–Kier alpha value is -0.780. The third kappa shape index (κ3) is 3.20. The molecule has 2 heterocycles. The highest BCUT2D eigenvalue weighted by atomic mass is 79.9. The molecule has 0 unspecified atom stereocenters. The molecule has 3 rings (SSSR count). The van der Waals surface area contributed by atoms with Crippen molar-refractivity contribution in [2.45, 2.75) is 24.9 Å². The Kier molecular flexibility index (Phi) is 4.72. The van der Waals surface area contributed by atoms with Crippen LogP contribution in [0.3, 0.4) is 0 Å². The maximum atomic E-state index is 6.06. The zero-order chi connectivity index (χ0) is 14.8. The van der Waals surface area contributed by atoms with Gasteiger partial charge in [0.15, 0.2) is 5.82 Å². The molecule has 2 aromatic rings. The van der Waals surface area contributed by atoms with E-state index in [9.17, 15) is 0 Å². The predicted octanol–water partition coefficient (Wildman–Crippen LogP) is 5.13. The summed E-state index contributed by atoms with van der Waals surface area (Å²) < 4.78 is 0.864. The third-order valence-electron chi connectivity index (χ3n) is 3.30. The van der Waals surface area contributed by atoms with Crippen LogP contribution >= 0.6 is 39.3 Å². The molecular weight excluding hydrogens is 370 g/mol. The van der Waals surface area contributed by atoms with Gasteiger partial charge in [-0.05, 0) is 40.5 Å². The van der Waals surface area contributed by atoms with Crippen LogP contribution in [0.5, 0.6) is 0 Å². The molecule has 1 aliphatic rings. The standard InChI is InChI=1S/C15H15BrClN3S/c1-2-5-18-15-10-7-21-8-13(10)19-14(20-15)9-3-4-12(17)11(16)6-9/h3-4,6H,2,5,7-8H2,1H3,(H,18,19,20). The SMILES string of the molecule is CCCNc1nc(-c2ccc(Cl)c(Br)c2)nc2c1CSC2. The van der Waals surface area contributed by atoms with Crippen molar-refractivity contribution >= 4 is 45.1 Å². The fourth-order valence-corrected chi connectivity index (χ4v) is 3.74. The summed E-state index contributed by atoms with van der Waals surface area (Å²) in [6, 6.07) is 5.79. The van der Waals surface area contributed by atoms with Crippen molar-refractivity contribution < 1.29 is 0 Å². The number of aromatic nitrogens is 2. The second-order valence-electron chi connectivity index (χ2n) is 4.87. The van der Waals surface area contributed by atoms with E-state index in [0.717, 1.165) is 51.8 Å². The molecule has 3 nitrogen and oxygen atoms in total. The maximum absolute atomic E-state index is 6.06. The molecule has 0 atom stereocenters. The predicted molar refractivity (Wildman–Crippen MR) is 94.0 cm³/mol. The summed E-state index contributed by atoms with van der Waals surface area (Å²) in [6.45, 7) is 3.08. The first-order valence-electron chi connectivity index (χ1n) is 6.86. The average molecular weight is 385 g/mol. The van der Waals surface area contributed by atoms with Crippen molar-refractivity contribution in [3.8, 4) is 11.4 Å². The monoisotopic (exact) mass is 383 g/mol. The minimum Gasteiger partial charge on any atom is -0.370 e. The molecule has 0 bridgehead atoms. The molecule has 0 aliphatic carbocycles. The van der Waals surface area contributed by atoms with Crippen molar-refractivity contribution in [1.82, 2.24) is 9.97 Å². The number of benzene rings is 1. The van der Waals surface area contributed by atoms with Crippen LogP contribution in [-0.4, -0.2) is 16.5 Å². The van der Waals surface area contributed by atoms with Crippen LogP contribution in [0, 0.1) is 0 Å². The first kappa shape index (κ1) is 15.1. The lowest BCUT2D eigenvalue weighted by molar-refractivity contribution is 0.955. The molecule has 1 aromatic carbocycles. The second kappa shape index (κ2) is 6.55. The topological polar surface area (TPSA) is 37.8 Å². The van der Waals surface area contributed by atoms with Crippen molar-refractivity contribution in [1.29, 1.82) is 0 Å². The van der Waals surface area contributed by atoms with Crippen molar-refractivity contribution in [2.75, 3.05) is 11.9 Å². The largest absolute Gasteiger partial charge is 0.370 e. The number of fused-ring (bicyclic) bond motifs is 1. The second-order valence-corrected chi connectivity index (χ2v) is 7.12. The first-order chi connectivity index (χ1) is 10.2. The van der Waals surface area contributed by atoms with E-state index in [2.05, 4.69) is 28.2 Å². The Bertz CT molecular complexity index is 678. The highest BCUT2D eigenvalue weighted by molar-refractivity contribution is 9.10. The van der Waals surface area contributed by atoms with E-state index in [0.29, 0.717) is 5.02 Å². The van der Waals surface area contributed by atoms with Gasteiger partial charge in [-0.2, -0.15) is 11.8 Å². The molecule has 0 radical (unpaired) electrons. The normalized spacial score (nSPS) is 13.3. The number of hydrogen-bond donors (Lipinski definition) is 1. The Morgan fingerprint density at radius 2 is 2.19 bits per heavy atom. The van der Waals surface area contributed by atoms with Gasteiger partial charge in [0.05, 0.1) is 10.7 Å². The molecule has 0 spiro atoms. The van der Waals surface area contributed by atoms with Crippen LogP contribution < -0.4 is 5.32 Å². The van der Waals surface area contributed by atoms with E-state index < -0.39 is 0 Å². The summed E-state index contributed by atoms with van der Waals surface area (Å²) in [5.41, 5.74) is 3.38. The molecule has 1 aliphatic heterocycles. The lowest BCUT2D eigenvalue weighted by Gasteiger charge is -2.11. The van der Waals surface area contributed by atoms with Gasteiger partial charge >= 0.3 is 0 Å². The third-order valence-corrected chi connectivity index (χ3v) is 5.48. The van der Waals surface area contributed by atoms with E-state index in [1.165, 1.54) is 5.56 Å². The molecule has 6 heteroatoms. The number of thioether (sulfide) groups is 1. The summed E-state index contributed by atoms with van der Waals surface area (Å²) in [5, 5.41) is 4.12. The van der Waals surface area contributed by atoms with Gasteiger partial charge in [0.1, 0.15) is 5.82 Å². The smallest absolute Gasteiger partial charge is 0.161 e. The molecule has 0 fully saturated rings. The van der Waals surface area contributed by atoms with E-state index in [1.807, 2.05) is 30.0 Å². The highest BCUT2D eigenvalue weighted by Gasteiger charge is 2.20. The highest BCUT2D eigenvalue weighted by Crippen LogP contribution is 2.35. The van der Waals surface area contributed by atoms with Gasteiger partial charge in [-0.1, -0.05) is 18.5 Å². The summed E-state index contributed by atoms with van der Waals surface area (Å²) in [4.78, 5) is 9.45. The van der Waals surface area contributed by atoms with E-state index in [-0.39, 0.29) is 0 Å². The maximum Gasteiger partial charge on any atom is 0.161 e. The summed E-state index contributed by atoms with van der Waals surface area (Å²) >= 11 is 11.4. The zero-order valence-electron chi connectivity index (χ0n) is 11.6. The Balaban J connectivity index is 2.04. The number of rotatable bonds is 4. The molecular formula is C15H15BrClN3S. The van der Waals surface area contributed by atoms with Crippen molar-refractivity contribution in [3.63, 3.8) is 0 Å². The summed E-state index contributed by atoms with van der Waals surface area (Å²) in [5.74, 6) is 3.69. The lowest BCUT2D eigenvalue weighted by Crippen LogP contribution is -2.08. The number of nitrogens with one attached hydrogen (secondary N) is 1. The van der Waals surface area contributed by atoms with Gasteiger partial charge in [-0.3, -0.25) is 0 Å². The van der Waals surface area contributed by atoms with Gasteiger partial charge in [0, 0.05) is 33.7 Å². The molecule has 1 aromatic heterocycles. The van der Waals surface area contributed by atoms with Crippen molar-refractivity contribution in [2.24, 2.45) is 0 Å². The molecule has 110 valence electrons. The molecule has 21 heavy (non-hydrogen) atoms. The average Bonchev–Trinajstić information content (AvgIpc) is 2.96. The number of halogens is 2. The minimum absolute atomic E-state index is 0.694. The Morgan fingerprint density at radius 1 is 1.33 bits per heavy atom. The minimum atomic E-state index is 0.694. The van der Waals surface area contributed by atoms with Crippen LogP contribution in [0.15, 0.2) is 22.7 Å². The van der Waals surface area contributed by atoms with Gasteiger partial charge in [-0.25, -0.2) is 9.97 Å². The Labute approximate surface area is 142 Å². The molecule has 1 N–H and O–H groups in total. The van der Waals surface area contributed by atoms with Crippen LogP contribution in [-0.2, 0) is 11.5 Å². The van der Waals surface area contributed by atoms with Gasteiger partial charge in [-0.15, -0.1) is 0 Å². The summed E-state index contributed by atoms with van der Waals surface area (Å²) in [7, 11) is 0. The van der Waals surface area contributed by atoms with Crippen LogP contribution in [0.2, 0.25) is 5.02 Å². The lowest BCUT2D eigenvalue weighted by atomic mass is 10.2. The zero-order valence-corrected chi connectivity index (χ0v) is 14.8. The van der Waals surface area contributed by atoms with Crippen LogP contribution in [0.25, 0.3) is 11.4 Å². The molecule has 0 saturated heterocycles. The van der Waals surface area contributed by atoms with E-state index in [4.69, 9.17) is 21.6 Å². The number of hydrogen-bond acceptors (Lipinski definition) is 4. The number of nitrogens with zero attached hydrogens (tertiary/aromatic N) is 2. The van der Waals surface area contributed by atoms with Gasteiger partial charge in [0.25, 0.3) is 0 Å². The van der Waals surface area contributed by atoms with Gasteiger partial charge in [0.2, 0.25) is 0 Å². The fourth-order valence-electron chi connectivity index (χ4n) is 2.21.